The quantitative estimate of drug-likeness (QED) is 0.794. The van der Waals surface area contributed by atoms with Gasteiger partial charge in [-0.3, -0.25) is 4.79 Å². The van der Waals surface area contributed by atoms with Gasteiger partial charge in [-0.1, -0.05) is 48.0 Å². The van der Waals surface area contributed by atoms with Crippen molar-refractivity contribution in [3.63, 3.8) is 0 Å². The van der Waals surface area contributed by atoms with Crippen molar-refractivity contribution in [2.24, 2.45) is 0 Å². The number of hydrogen-bond acceptors (Lipinski definition) is 1. The molecule has 104 valence electrons. The average Bonchev–Trinajstić information content (AvgIpc) is 2.76. The highest BCUT2D eigenvalue weighted by Gasteiger charge is 2.23. The second-order valence-electron chi connectivity index (χ2n) is 5.00. The van der Waals surface area contributed by atoms with Crippen molar-refractivity contribution >= 4 is 34.8 Å². The topological polar surface area (TPSA) is 29.1 Å². The maximum Gasteiger partial charge on any atom is 0.256 e. The van der Waals surface area contributed by atoms with Crippen LogP contribution in [0.1, 0.15) is 18.1 Å². The molecule has 0 aromatic heterocycles. The summed E-state index contributed by atoms with van der Waals surface area (Å²) in [5.74, 6) is -0.0897. The van der Waals surface area contributed by atoms with Crippen LogP contribution >= 0.6 is 11.6 Å². The number of nitrogens with one attached hydrogen (secondary N) is 1. The summed E-state index contributed by atoms with van der Waals surface area (Å²) in [6.45, 7) is 1.98. The van der Waals surface area contributed by atoms with Crippen molar-refractivity contribution in [2.75, 3.05) is 5.32 Å². The van der Waals surface area contributed by atoms with Crippen molar-refractivity contribution in [2.45, 2.75) is 6.92 Å². The van der Waals surface area contributed by atoms with Crippen molar-refractivity contribution in [3.05, 3.63) is 76.3 Å². The van der Waals surface area contributed by atoms with Gasteiger partial charge in [0.1, 0.15) is 0 Å². The Kier molecular flexibility index (Phi) is 3.63. The van der Waals surface area contributed by atoms with Crippen LogP contribution in [0.25, 0.3) is 11.6 Å². The molecular weight excluding hydrogens is 282 g/mol. The molecular formula is C18H14ClNO. The summed E-state index contributed by atoms with van der Waals surface area (Å²) in [5.41, 5.74) is 4.43. The second-order valence-corrected chi connectivity index (χ2v) is 5.44. The van der Waals surface area contributed by atoms with Gasteiger partial charge < -0.3 is 5.32 Å². The molecule has 1 amide bonds. The fraction of sp³-hybridized carbons (Fsp3) is 0.0556. The lowest BCUT2D eigenvalue weighted by atomic mass is 10.0. The zero-order valence-corrected chi connectivity index (χ0v) is 12.3. The first-order valence-corrected chi connectivity index (χ1v) is 7.07. The van der Waals surface area contributed by atoms with Crippen molar-refractivity contribution in [1.82, 2.24) is 0 Å². The predicted octanol–water partition coefficient (Wildman–Crippen LogP) is 4.78. The molecule has 3 heteroatoms. The van der Waals surface area contributed by atoms with Gasteiger partial charge in [-0.15, -0.1) is 0 Å². The van der Waals surface area contributed by atoms with Crippen LogP contribution < -0.4 is 5.32 Å². The number of carbonyl (C=O) groups excluding carboxylic acids is 1. The van der Waals surface area contributed by atoms with Gasteiger partial charge >= 0.3 is 0 Å². The molecule has 1 heterocycles. The summed E-state index contributed by atoms with van der Waals surface area (Å²) in [6, 6.07) is 15.4. The molecule has 0 aliphatic carbocycles. The van der Waals surface area contributed by atoms with E-state index in [9.17, 15) is 4.79 Å². The highest BCUT2D eigenvalue weighted by molar-refractivity contribution is 6.34. The Morgan fingerprint density at radius 3 is 2.67 bits per heavy atom. The fourth-order valence-corrected chi connectivity index (χ4v) is 2.56. The van der Waals surface area contributed by atoms with E-state index in [1.807, 2.05) is 61.5 Å². The molecule has 2 nitrogen and oxygen atoms in total. The highest BCUT2D eigenvalue weighted by atomic mass is 35.5. The van der Waals surface area contributed by atoms with E-state index in [1.165, 1.54) is 0 Å². The number of allylic oxidation sites excluding steroid dienone is 2. The Morgan fingerprint density at radius 1 is 1.14 bits per heavy atom. The first-order valence-electron chi connectivity index (χ1n) is 6.70. The van der Waals surface area contributed by atoms with Crippen molar-refractivity contribution < 1.29 is 4.79 Å². The number of anilines is 1. The number of benzene rings is 2. The molecule has 3 rings (SSSR count). The smallest absolute Gasteiger partial charge is 0.256 e. The molecule has 0 fully saturated rings. The maximum absolute atomic E-state index is 12.1. The second kappa shape index (κ2) is 5.58. The molecule has 1 aliphatic rings. The van der Waals surface area contributed by atoms with Gasteiger partial charge in [0.15, 0.2) is 0 Å². The Morgan fingerprint density at radius 2 is 1.90 bits per heavy atom. The molecule has 0 saturated carbocycles. The van der Waals surface area contributed by atoms with Gasteiger partial charge in [-0.25, -0.2) is 0 Å². The molecule has 0 radical (unpaired) electrons. The van der Waals surface area contributed by atoms with E-state index < -0.39 is 0 Å². The Bertz CT molecular complexity index is 760. The lowest BCUT2D eigenvalue weighted by molar-refractivity contribution is -0.110. The van der Waals surface area contributed by atoms with Crippen LogP contribution in [0.2, 0.25) is 5.02 Å². The average molecular weight is 296 g/mol. The number of hydrogen-bond donors (Lipinski definition) is 1. The Labute approximate surface area is 128 Å². The van der Waals surface area contributed by atoms with Crippen LogP contribution in [0.15, 0.2) is 60.2 Å². The minimum Gasteiger partial charge on any atom is -0.321 e. The first kappa shape index (κ1) is 13.7. The molecule has 2 aromatic rings. The van der Waals surface area contributed by atoms with Crippen LogP contribution in [0.3, 0.4) is 0 Å². The summed E-state index contributed by atoms with van der Waals surface area (Å²) in [7, 11) is 0. The highest BCUT2D eigenvalue weighted by Crippen LogP contribution is 2.34. The monoisotopic (exact) mass is 295 g/mol. The molecule has 0 unspecified atom stereocenters. The van der Waals surface area contributed by atoms with Crippen molar-refractivity contribution in [3.8, 4) is 0 Å². The third-order valence-corrected chi connectivity index (χ3v) is 3.57. The van der Waals surface area contributed by atoms with Crippen LogP contribution in [0.5, 0.6) is 0 Å². The lowest BCUT2D eigenvalue weighted by Crippen LogP contribution is -2.03. The van der Waals surface area contributed by atoms with E-state index >= 15 is 0 Å². The number of amides is 1. The van der Waals surface area contributed by atoms with Gasteiger partial charge in [0.25, 0.3) is 5.91 Å². The van der Waals surface area contributed by atoms with E-state index in [2.05, 4.69) is 5.32 Å². The minimum absolute atomic E-state index is 0.0897. The molecule has 1 N–H and O–H groups in total. The third kappa shape index (κ3) is 2.91. The lowest BCUT2D eigenvalue weighted by Gasteiger charge is -2.00. The Hall–Kier alpha value is -2.32. The molecule has 0 atom stereocenters. The largest absolute Gasteiger partial charge is 0.321 e. The summed E-state index contributed by atoms with van der Waals surface area (Å²) in [6.07, 6.45) is 3.94. The number of fused-ring (bicyclic) bond motifs is 1. The van der Waals surface area contributed by atoms with Gasteiger partial charge in [0.05, 0.1) is 0 Å². The zero-order chi connectivity index (χ0) is 14.8. The van der Waals surface area contributed by atoms with E-state index in [4.69, 9.17) is 11.6 Å². The van der Waals surface area contributed by atoms with Gasteiger partial charge in [-0.05, 0) is 42.3 Å². The summed E-state index contributed by atoms with van der Waals surface area (Å²) < 4.78 is 0. The Balaban J connectivity index is 1.99. The van der Waals surface area contributed by atoms with Gasteiger partial charge in [0.2, 0.25) is 0 Å². The van der Waals surface area contributed by atoms with Crippen LogP contribution in [-0.4, -0.2) is 5.91 Å². The van der Waals surface area contributed by atoms with E-state index in [-0.39, 0.29) is 5.91 Å². The van der Waals surface area contributed by atoms with Gasteiger partial charge in [-0.2, -0.15) is 0 Å². The van der Waals surface area contributed by atoms with E-state index in [0.29, 0.717) is 10.6 Å². The zero-order valence-electron chi connectivity index (χ0n) is 11.6. The van der Waals surface area contributed by atoms with Gasteiger partial charge in [0, 0.05) is 21.8 Å². The molecule has 0 bridgehead atoms. The third-order valence-electron chi connectivity index (χ3n) is 3.33. The van der Waals surface area contributed by atoms with E-state index in [1.54, 1.807) is 6.07 Å². The van der Waals surface area contributed by atoms with Crippen LogP contribution in [-0.2, 0) is 4.79 Å². The molecule has 1 aliphatic heterocycles. The van der Waals surface area contributed by atoms with Crippen molar-refractivity contribution in [1.29, 1.82) is 0 Å². The molecule has 0 spiro atoms. The molecule has 21 heavy (non-hydrogen) atoms. The fourth-order valence-electron chi connectivity index (χ4n) is 2.39. The number of halogens is 1. The number of rotatable bonds is 2. The minimum atomic E-state index is -0.0897. The SMILES string of the molecule is CC(=C\c1ccccc1)/C=C1/C(=O)Nc2ccc(Cl)cc21. The molecule has 2 aromatic carbocycles. The summed E-state index contributed by atoms with van der Waals surface area (Å²) >= 11 is 6.02. The normalized spacial score (nSPS) is 16.0. The van der Waals surface area contributed by atoms with Crippen LogP contribution in [0.4, 0.5) is 5.69 Å². The number of carbonyl (C=O) groups is 1. The molecule has 0 saturated heterocycles. The van der Waals surface area contributed by atoms with E-state index in [0.717, 1.165) is 22.4 Å². The maximum atomic E-state index is 12.1. The standard InChI is InChI=1S/C18H14ClNO/c1-12(9-13-5-3-2-4-6-13)10-16-15-11-14(19)7-8-17(15)20-18(16)21/h2-11H,1H3,(H,20,21)/b12-9+,16-10+. The summed E-state index contributed by atoms with van der Waals surface area (Å²) in [4.78, 5) is 12.1. The first-order chi connectivity index (χ1) is 10.1. The summed E-state index contributed by atoms with van der Waals surface area (Å²) in [5, 5.41) is 3.48. The predicted molar refractivity (Wildman–Crippen MR) is 88.2 cm³/mol. The van der Waals surface area contributed by atoms with Crippen LogP contribution in [0, 0.1) is 0 Å².